The van der Waals surface area contributed by atoms with Crippen LogP contribution in [0.3, 0.4) is 0 Å². The molecule has 4 heteroatoms. The van der Waals surface area contributed by atoms with Crippen LogP contribution in [0, 0.1) is 6.92 Å². The number of allylic oxidation sites excluding steroid dienone is 1. The molecule has 0 aromatic heterocycles. The number of benzene rings is 1. The lowest BCUT2D eigenvalue weighted by Gasteiger charge is -2.21. The van der Waals surface area contributed by atoms with E-state index in [0.717, 1.165) is 35.2 Å². The van der Waals surface area contributed by atoms with Gasteiger partial charge in [0.05, 0.1) is 12.3 Å². The quantitative estimate of drug-likeness (QED) is 0.625. The summed E-state index contributed by atoms with van der Waals surface area (Å²) in [6.45, 7) is 5.23. The Morgan fingerprint density at radius 1 is 1.53 bits per heavy atom. The molecule has 2 rings (SSSR count). The fourth-order valence-electron chi connectivity index (χ4n) is 2.27. The van der Waals surface area contributed by atoms with Gasteiger partial charge in [-0.1, -0.05) is 6.07 Å². The normalized spacial score (nSPS) is 17.0. The minimum atomic E-state index is -0.257. The zero-order chi connectivity index (χ0) is 13.8. The molecule has 0 amide bonds. The minimum Gasteiger partial charge on any atom is -0.463 e. The third-order valence-corrected chi connectivity index (χ3v) is 3.76. The summed E-state index contributed by atoms with van der Waals surface area (Å²) in [5.41, 5.74) is 3.35. The molecule has 0 bridgehead atoms. The molecule has 1 aromatic rings. The van der Waals surface area contributed by atoms with Crippen molar-refractivity contribution in [2.75, 3.05) is 18.1 Å². The number of halogens is 1. The van der Waals surface area contributed by atoms with Crippen LogP contribution in [0.4, 0.5) is 5.69 Å². The number of aryl methyl sites for hydroxylation is 1. The summed E-state index contributed by atoms with van der Waals surface area (Å²) in [6, 6.07) is 6.26. The van der Waals surface area contributed by atoms with Crippen molar-refractivity contribution in [1.29, 1.82) is 0 Å². The van der Waals surface area contributed by atoms with Gasteiger partial charge in [0.25, 0.3) is 0 Å². The van der Waals surface area contributed by atoms with Crippen molar-refractivity contribution in [3.63, 3.8) is 0 Å². The molecular weight excluding hydrogens is 306 g/mol. The van der Waals surface area contributed by atoms with Crippen LogP contribution in [0.15, 0.2) is 34.4 Å². The third-order valence-electron chi connectivity index (χ3n) is 3.13. The van der Waals surface area contributed by atoms with Crippen LogP contribution in [0.25, 0.3) is 0 Å². The van der Waals surface area contributed by atoms with Crippen LogP contribution >= 0.6 is 15.9 Å². The van der Waals surface area contributed by atoms with Gasteiger partial charge < -0.3 is 9.64 Å². The van der Waals surface area contributed by atoms with Crippen molar-refractivity contribution in [3.05, 3.63) is 40.0 Å². The molecule has 1 aliphatic rings. The van der Waals surface area contributed by atoms with E-state index in [1.807, 2.05) is 6.92 Å². The molecule has 1 aliphatic heterocycles. The van der Waals surface area contributed by atoms with Gasteiger partial charge in [-0.15, -0.1) is 0 Å². The first kappa shape index (κ1) is 14.1. The van der Waals surface area contributed by atoms with E-state index in [9.17, 15) is 4.79 Å². The number of hydrogen-bond acceptors (Lipinski definition) is 3. The molecule has 0 spiro atoms. The van der Waals surface area contributed by atoms with E-state index < -0.39 is 0 Å². The molecule has 19 heavy (non-hydrogen) atoms. The van der Waals surface area contributed by atoms with Gasteiger partial charge in [-0.25, -0.2) is 4.79 Å². The second-order valence-electron chi connectivity index (χ2n) is 4.60. The summed E-state index contributed by atoms with van der Waals surface area (Å²) in [6.07, 6.45) is 3.59. The van der Waals surface area contributed by atoms with Crippen LogP contribution < -0.4 is 4.90 Å². The van der Waals surface area contributed by atoms with Crippen molar-refractivity contribution in [1.82, 2.24) is 0 Å². The van der Waals surface area contributed by atoms with Gasteiger partial charge in [0.1, 0.15) is 0 Å². The van der Waals surface area contributed by atoms with Crippen LogP contribution in [0.1, 0.15) is 25.3 Å². The zero-order valence-corrected chi connectivity index (χ0v) is 12.9. The summed E-state index contributed by atoms with van der Waals surface area (Å²) >= 11 is 3.60. The van der Waals surface area contributed by atoms with Gasteiger partial charge in [0.15, 0.2) is 0 Å². The number of carbonyl (C=O) groups excluding carboxylic acids is 1. The highest BCUT2D eigenvalue weighted by atomic mass is 79.9. The Bertz CT molecular complexity index is 511. The highest BCUT2D eigenvalue weighted by Crippen LogP contribution is 2.34. The monoisotopic (exact) mass is 323 g/mol. The highest BCUT2D eigenvalue weighted by molar-refractivity contribution is 9.10. The van der Waals surface area contributed by atoms with E-state index in [1.165, 1.54) is 5.56 Å². The molecule has 102 valence electrons. The lowest BCUT2D eigenvalue weighted by molar-refractivity contribution is -0.137. The number of ether oxygens (including phenoxy) is 1. The maximum atomic E-state index is 11.6. The van der Waals surface area contributed by atoms with E-state index in [1.54, 1.807) is 6.08 Å². The molecule has 0 unspecified atom stereocenters. The third kappa shape index (κ3) is 3.38. The second-order valence-corrected chi connectivity index (χ2v) is 5.45. The molecule has 0 aliphatic carbocycles. The van der Waals surface area contributed by atoms with E-state index in [2.05, 4.69) is 46.0 Å². The lowest BCUT2D eigenvalue weighted by Crippen LogP contribution is -2.18. The maximum Gasteiger partial charge on any atom is 0.332 e. The van der Waals surface area contributed by atoms with Crippen molar-refractivity contribution < 1.29 is 9.53 Å². The maximum absolute atomic E-state index is 11.6. The lowest BCUT2D eigenvalue weighted by atomic mass is 10.2. The Morgan fingerprint density at radius 2 is 2.32 bits per heavy atom. The molecule has 0 atom stereocenters. The van der Waals surface area contributed by atoms with E-state index in [4.69, 9.17) is 4.74 Å². The van der Waals surface area contributed by atoms with Gasteiger partial charge in [-0.05, 0) is 60.3 Å². The molecule has 0 saturated carbocycles. The molecule has 0 N–H and O–H groups in total. The molecule has 1 heterocycles. The van der Waals surface area contributed by atoms with E-state index in [-0.39, 0.29) is 5.97 Å². The predicted molar refractivity (Wildman–Crippen MR) is 80.2 cm³/mol. The number of esters is 1. The summed E-state index contributed by atoms with van der Waals surface area (Å²) < 4.78 is 6.04. The predicted octanol–water partition coefficient (Wildman–Crippen LogP) is 3.80. The average Bonchev–Trinajstić information content (AvgIpc) is 2.77. The van der Waals surface area contributed by atoms with Crippen LogP contribution in [0.2, 0.25) is 0 Å². The van der Waals surface area contributed by atoms with Gasteiger partial charge in [0.2, 0.25) is 0 Å². The SMILES string of the molecule is CCOC(=O)/C=C1\CCCN1c1ccc(C)cc1Br. The van der Waals surface area contributed by atoms with Crippen LogP contribution in [0.5, 0.6) is 0 Å². The van der Waals surface area contributed by atoms with Crippen molar-refractivity contribution >= 4 is 27.6 Å². The Labute approximate surface area is 122 Å². The largest absolute Gasteiger partial charge is 0.463 e. The molecule has 1 fully saturated rings. The first-order chi connectivity index (χ1) is 9.11. The molecular formula is C15H18BrNO2. The Morgan fingerprint density at radius 3 is 3.00 bits per heavy atom. The number of anilines is 1. The average molecular weight is 324 g/mol. The van der Waals surface area contributed by atoms with Crippen LogP contribution in [-0.2, 0) is 9.53 Å². The second kappa shape index (κ2) is 6.24. The van der Waals surface area contributed by atoms with Crippen molar-refractivity contribution in [2.24, 2.45) is 0 Å². The first-order valence-electron chi connectivity index (χ1n) is 6.53. The summed E-state index contributed by atoms with van der Waals surface area (Å²) in [7, 11) is 0. The van der Waals surface area contributed by atoms with E-state index >= 15 is 0 Å². The van der Waals surface area contributed by atoms with Crippen molar-refractivity contribution in [3.8, 4) is 0 Å². The Balaban J connectivity index is 2.25. The van der Waals surface area contributed by atoms with Gasteiger partial charge in [-0.2, -0.15) is 0 Å². The Hall–Kier alpha value is -1.29. The molecule has 1 saturated heterocycles. The van der Waals surface area contributed by atoms with E-state index in [0.29, 0.717) is 6.61 Å². The molecule has 1 aromatic carbocycles. The Kier molecular flexibility index (Phi) is 4.64. The summed E-state index contributed by atoms with van der Waals surface area (Å²) in [4.78, 5) is 13.8. The molecule has 0 radical (unpaired) electrons. The van der Waals surface area contributed by atoms with Gasteiger partial charge in [-0.3, -0.25) is 0 Å². The van der Waals surface area contributed by atoms with Gasteiger partial charge >= 0.3 is 5.97 Å². The van der Waals surface area contributed by atoms with Gasteiger partial charge in [0, 0.05) is 22.8 Å². The minimum absolute atomic E-state index is 0.257. The standard InChI is InChI=1S/C15H18BrNO2/c1-3-19-15(18)10-12-5-4-8-17(12)14-7-6-11(2)9-13(14)16/h6-7,9-10H,3-5,8H2,1-2H3/b12-10+. The fraction of sp³-hybridized carbons (Fsp3) is 0.400. The number of rotatable bonds is 3. The first-order valence-corrected chi connectivity index (χ1v) is 7.32. The number of nitrogens with zero attached hydrogens (tertiary/aromatic N) is 1. The highest BCUT2D eigenvalue weighted by Gasteiger charge is 2.21. The summed E-state index contributed by atoms with van der Waals surface area (Å²) in [5.74, 6) is -0.257. The number of carbonyl (C=O) groups is 1. The fourth-order valence-corrected chi connectivity index (χ4v) is 2.98. The van der Waals surface area contributed by atoms with Crippen LogP contribution in [-0.4, -0.2) is 19.1 Å². The smallest absolute Gasteiger partial charge is 0.332 e. The topological polar surface area (TPSA) is 29.5 Å². The van der Waals surface area contributed by atoms with Crippen molar-refractivity contribution in [2.45, 2.75) is 26.7 Å². The number of hydrogen-bond donors (Lipinski definition) is 0. The summed E-state index contributed by atoms with van der Waals surface area (Å²) in [5, 5.41) is 0. The zero-order valence-electron chi connectivity index (χ0n) is 11.3. The molecule has 3 nitrogen and oxygen atoms in total.